The quantitative estimate of drug-likeness (QED) is 0.665. The van der Waals surface area contributed by atoms with Gasteiger partial charge in [0.2, 0.25) is 0 Å². The van der Waals surface area contributed by atoms with Gasteiger partial charge in [0.1, 0.15) is 12.1 Å². The predicted molar refractivity (Wildman–Crippen MR) is 69.1 cm³/mol. The number of anilines is 1. The summed E-state index contributed by atoms with van der Waals surface area (Å²) >= 11 is 2.32. The zero-order valence-electron chi connectivity index (χ0n) is 9.36. The Balaban J connectivity index is 2.34. The van der Waals surface area contributed by atoms with Crippen LogP contribution in [-0.2, 0) is 0 Å². The Labute approximate surface area is 111 Å². The largest absolute Gasteiger partial charge is 0.370 e. The molecule has 2 aromatic rings. The third-order valence-electron chi connectivity index (χ3n) is 1.92. The molecule has 0 saturated heterocycles. The number of rotatable bonds is 5. The number of hydrogen-bond donors (Lipinski definition) is 1. The van der Waals surface area contributed by atoms with Gasteiger partial charge in [-0.25, -0.2) is 9.97 Å². The summed E-state index contributed by atoms with van der Waals surface area (Å²) in [6.07, 6.45) is 1.41. The molecule has 0 saturated carbocycles. The van der Waals surface area contributed by atoms with Gasteiger partial charge in [-0.05, 0) is 36.3 Å². The van der Waals surface area contributed by atoms with Crippen LogP contribution in [0.5, 0.6) is 0 Å². The third-order valence-corrected chi connectivity index (χ3v) is 3.63. The monoisotopic (exact) mass is 283 g/mol. The summed E-state index contributed by atoms with van der Waals surface area (Å²) in [4.78, 5) is 18.6. The van der Waals surface area contributed by atoms with E-state index in [4.69, 9.17) is 0 Å². The topological polar surface area (TPSA) is 93.8 Å². The highest BCUT2D eigenvalue weighted by Gasteiger charge is 2.18. The molecule has 0 fully saturated rings. The summed E-state index contributed by atoms with van der Waals surface area (Å²) in [6, 6.07) is 3.03. The molecular weight excluding hydrogens is 274 g/mol. The van der Waals surface area contributed by atoms with Crippen LogP contribution in [-0.4, -0.2) is 25.8 Å². The van der Waals surface area contributed by atoms with Crippen LogP contribution in [0.2, 0.25) is 0 Å². The fourth-order valence-corrected chi connectivity index (χ4v) is 2.67. The van der Waals surface area contributed by atoms with Crippen molar-refractivity contribution in [3.05, 3.63) is 28.6 Å². The Morgan fingerprint density at radius 3 is 3.00 bits per heavy atom. The van der Waals surface area contributed by atoms with Crippen LogP contribution in [0, 0.1) is 10.1 Å². The van der Waals surface area contributed by atoms with E-state index in [9.17, 15) is 10.1 Å². The van der Waals surface area contributed by atoms with E-state index in [1.165, 1.54) is 23.9 Å². The van der Waals surface area contributed by atoms with Crippen molar-refractivity contribution in [3.8, 4) is 0 Å². The molecule has 0 bridgehead atoms. The average Bonchev–Trinajstić information content (AvgIpc) is 2.82. The van der Waals surface area contributed by atoms with Gasteiger partial charge < -0.3 is 5.32 Å². The first-order valence-electron chi connectivity index (χ1n) is 5.04. The van der Waals surface area contributed by atoms with Gasteiger partial charge in [0.25, 0.3) is 0 Å². The van der Waals surface area contributed by atoms with Crippen molar-refractivity contribution in [2.45, 2.75) is 16.3 Å². The molecule has 0 aliphatic rings. The zero-order valence-corrected chi connectivity index (χ0v) is 11.0. The maximum Gasteiger partial charge on any atom is 0.301 e. The van der Waals surface area contributed by atoms with Gasteiger partial charge in [0.05, 0.1) is 4.92 Å². The van der Waals surface area contributed by atoms with Gasteiger partial charge >= 0.3 is 5.69 Å². The summed E-state index contributed by atoms with van der Waals surface area (Å²) in [5, 5.41) is 14.2. The Morgan fingerprint density at radius 1 is 1.56 bits per heavy atom. The van der Waals surface area contributed by atoms with Crippen LogP contribution >= 0.6 is 23.3 Å². The van der Waals surface area contributed by atoms with Crippen LogP contribution in [0.1, 0.15) is 6.92 Å². The minimum atomic E-state index is -0.452. The highest BCUT2D eigenvalue weighted by Crippen LogP contribution is 2.34. The third kappa shape index (κ3) is 2.93. The van der Waals surface area contributed by atoms with Gasteiger partial charge in [-0.15, -0.1) is 0 Å². The van der Waals surface area contributed by atoms with E-state index in [-0.39, 0.29) is 5.69 Å². The average molecular weight is 283 g/mol. The second kappa shape index (κ2) is 5.74. The van der Waals surface area contributed by atoms with Gasteiger partial charge in [-0.3, -0.25) is 10.1 Å². The summed E-state index contributed by atoms with van der Waals surface area (Å²) in [6.45, 7) is 2.63. The molecule has 1 N–H and O–H groups in total. The van der Waals surface area contributed by atoms with Crippen LogP contribution in [0.3, 0.4) is 0 Å². The number of nitro groups is 1. The molecule has 0 aliphatic carbocycles. The summed E-state index contributed by atoms with van der Waals surface area (Å²) in [5.41, 5.74) is -0.0307. The van der Waals surface area contributed by atoms with Crippen molar-refractivity contribution >= 4 is 34.8 Å². The standard InChI is InChI=1S/C9H9N5O2S2/c1-2-10-7-4-3-6(14(15)16)8(13-7)17-9-11-5-12-18-9/h3-5H,2H2,1H3,(H,10,13). The lowest BCUT2D eigenvalue weighted by molar-refractivity contribution is -0.388. The second-order valence-electron chi connectivity index (χ2n) is 3.12. The minimum Gasteiger partial charge on any atom is -0.370 e. The molecular formula is C9H9N5O2S2. The molecule has 0 spiro atoms. The Morgan fingerprint density at radius 2 is 2.39 bits per heavy atom. The van der Waals surface area contributed by atoms with Crippen LogP contribution < -0.4 is 5.32 Å². The molecule has 0 aromatic carbocycles. The number of pyridine rings is 1. The van der Waals surface area contributed by atoms with Gasteiger partial charge in [0, 0.05) is 12.6 Å². The molecule has 9 heteroatoms. The molecule has 2 aromatic heterocycles. The predicted octanol–water partition coefficient (Wildman–Crippen LogP) is 2.42. The molecule has 2 rings (SSSR count). The zero-order chi connectivity index (χ0) is 13.0. The smallest absolute Gasteiger partial charge is 0.301 e. The molecule has 0 unspecified atom stereocenters. The fourth-order valence-electron chi connectivity index (χ4n) is 1.22. The Kier molecular flexibility index (Phi) is 4.05. The van der Waals surface area contributed by atoms with E-state index in [0.29, 0.717) is 21.7 Å². The molecule has 0 radical (unpaired) electrons. The first-order chi connectivity index (χ1) is 8.70. The number of nitrogens with one attached hydrogen (secondary N) is 1. The number of aromatic nitrogens is 3. The molecule has 2 heterocycles. The van der Waals surface area contributed by atoms with Crippen molar-refractivity contribution in [2.75, 3.05) is 11.9 Å². The van der Waals surface area contributed by atoms with E-state index in [1.54, 1.807) is 6.07 Å². The number of nitrogens with zero attached hydrogens (tertiary/aromatic N) is 4. The fraction of sp³-hybridized carbons (Fsp3) is 0.222. The van der Waals surface area contributed by atoms with Gasteiger partial charge in [-0.1, -0.05) is 0 Å². The highest BCUT2D eigenvalue weighted by molar-refractivity contribution is 8.01. The number of hydrogen-bond acceptors (Lipinski definition) is 8. The molecule has 0 amide bonds. The lowest BCUT2D eigenvalue weighted by Gasteiger charge is -2.04. The molecule has 0 aliphatic heterocycles. The summed E-state index contributed by atoms with van der Waals surface area (Å²) in [7, 11) is 0. The summed E-state index contributed by atoms with van der Waals surface area (Å²) in [5.74, 6) is 0.607. The van der Waals surface area contributed by atoms with Crippen molar-refractivity contribution < 1.29 is 4.92 Å². The van der Waals surface area contributed by atoms with Crippen molar-refractivity contribution in [3.63, 3.8) is 0 Å². The van der Waals surface area contributed by atoms with Gasteiger partial charge in [-0.2, -0.15) is 4.37 Å². The summed E-state index contributed by atoms with van der Waals surface area (Å²) < 4.78 is 4.47. The Hall–Kier alpha value is -1.74. The first-order valence-corrected chi connectivity index (χ1v) is 6.63. The van der Waals surface area contributed by atoms with Crippen molar-refractivity contribution in [1.82, 2.24) is 14.3 Å². The van der Waals surface area contributed by atoms with E-state index < -0.39 is 4.92 Å². The van der Waals surface area contributed by atoms with E-state index in [0.717, 1.165) is 11.8 Å². The molecule has 94 valence electrons. The van der Waals surface area contributed by atoms with E-state index in [2.05, 4.69) is 19.7 Å². The van der Waals surface area contributed by atoms with Crippen molar-refractivity contribution in [1.29, 1.82) is 0 Å². The maximum atomic E-state index is 10.9. The second-order valence-corrected chi connectivity index (χ2v) is 5.13. The van der Waals surface area contributed by atoms with E-state index in [1.807, 2.05) is 6.92 Å². The minimum absolute atomic E-state index is 0.0307. The van der Waals surface area contributed by atoms with Crippen LogP contribution in [0.25, 0.3) is 0 Å². The van der Waals surface area contributed by atoms with Crippen molar-refractivity contribution in [2.24, 2.45) is 0 Å². The lowest BCUT2D eigenvalue weighted by Crippen LogP contribution is -2.01. The Bertz CT molecular complexity index is 546. The molecule has 0 atom stereocenters. The molecule has 18 heavy (non-hydrogen) atoms. The van der Waals surface area contributed by atoms with Crippen LogP contribution in [0.4, 0.5) is 11.5 Å². The van der Waals surface area contributed by atoms with Gasteiger partial charge in [0.15, 0.2) is 9.37 Å². The maximum absolute atomic E-state index is 10.9. The normalized spacial score (nSPS) is 10.3. The highest BCUT2D eigenvalue weighted by atomic mass is 32.2. The lowest BCUT2D eigenvalue weighted by atomic mass is 10.4. The van der Waals surface area contributed by atoms with Crippen LogP contribution in [0.15, 0.2) is 27.8 Å². The molecule has 7 nitrogen and oxygen atoms in total. The van der Waals surface area contributed by atoms with E-state index >= 15 is 0 Å². The first kappa shape index (κ1) is 12.7. The SMILES string of the molecule is CCNc1ccc([N+](=O)[O-])c(Sc2ncns2)n1.